The number of Topliss-reactive ketones (excluding diaryl/α,β-unsaturated/α-hetero) is 1. The molecule has 10 nitrogen and oxygen atoms in total. The summed E-state index contributed by atoms with van der Waals surface area (Å²) in [7, 11) is 9.71. The Bertz CT molecular complexity index is 901. The Labute approximate surface area is 248 Å². The summed E-state index contributed by atoms with van der Waals surface area (Å²) in [6.07, 6.45) is -0.482. The van der Waals surface area contributed by atoms with E-state index in [1.165, 1.54) is 0 Å². The molecule has 0 bridgehead atoms. The van der Waals surface area contributed by atoms with E-state index in [0.29, 0.717) is 18.8 Å². The van der Waals surface area contributed by atoms with Crippen molar-refractivity contribution in [3.8, 4) is 0 Å². The van der Waals surface area contributed by atoms with Gasteiger partial charge in [-0.3, -0.25) is 14.5 Å². The van der Waals surface area contributed by atoms with Gasteiger partial charge in [-0.1, -0.05) is 13.8 Å². The van der Waals surface area contributed by atoms with Crippen LogP contribution in [0, 0.1) is 23.2 Å². The molecule has 0 radical (unpaired) electrons. The standard InChI is InChI=1S/C31H57N3O7/c1-19-15-31(6,38-11)27(41-28-25(35)23(32(7)8)14-20(2)40-28)21(3)26(36)30(4,5)29(37)39-18-24(34(10)16-19)22-12-13-33(9)17-22/h19-25,27-28,35H,12-18H2,1-11H3/t19-,20-,21+,22+,23+,24-,25-,27-,28+,31-/m1/s1. The van der Waals surface area contributed by atoms with Crippen LogP contribution in [0.2, 0.25) is 0 Å². The van der Waals surface area contributed by atoms with Crippen LogP contribution in [0.15, 0.2) is 0 Å². The lowest BCUT2D eigenvalue weighted by atomic mass is 9.74. The van der Waals surface area contributed by atoms with Gasteiger partial charge in [-0.15, -0.1) is 0 Å². The Kier molecular flexibility index (Phi) is 11.4. The molecule has 0 saturated carbocycles. The summed E-state index contributed by atoms with van der Waals surface area (Å²) >= 11 is 0. The van der Waals surface area contributed by atoms with Crippen molar-refractivity contribution in [1.29, 1.82) is 0 Å². The predicted molar refractivity (Wildman–Crippen MR) is 157 cm³/mol. The third kappa shape index (κ3) is 7.69. The molecule has 3 fully saturated rings. The number of cyclic esters (lactones) is 1. The van der Waals surface area contributed by atoms with E-state index in [4.69, 9.17) is 18.9 Å². The largest absolute Gasteiger partial charge is 0.463 e. The minimum absolute atomic E-state index is 0.0477. The molecule has 3 rings (SSSR count). The summed E-state index contributed by atoms with van der Waals surface area (Å²) in [5.74, 6) is -1.00. The Balaban J connectivity index is 1.99. The molecule has 10 atom stereocenters. The molecule has 0 aromatic heterocycles. The highest BCUT2D eigenvalue weighted by molar-refractivity contribution is 6.04. The van der Waals surface area contributed by atoms with Gasteiger partial charge in [0.05, 0.1) is 17.8 Å². The number of aliphatic hydroxyl groups excluding tert-OH is 1. The van der Waals surface area contributed by atoms with Crippen molar-refractivity contribution in [2.75, 3.05) is 61.5 Å². The molecule has 3 heterocycles. The van der Waals surface area contributed by atoms with E-state index in [0.717, 1.165) is 26.1 Å². The number of ether oxygens (including phenoxy) is 4. The molecule has 3 aliphatic rings. The van der Waals surface area contributed by atoms with E-state index < -0.39 is 41.4 Å². The summed E-state index contributed by atoms with van der Waals surface area (Å²) < 4.78 is 24.9. The molecule has 0 aromatic rings. The van der Waals surface area contributed by atoms with Crippen LogP contribution in [-0.4, -0.2) is 135 Å². The maximum atomic E-state index is 14.1. The first-order valence-corrected chi connectivity index (χ1v) is 15.3. The molecular formula is C31H57N3O7. The number of likely N-dealkylation sites (tertiary alicyclic amines) is 1. The normalized spacial score (nSPS) is 42.4. The zero-order chi connectivity index (χ0) is 30.9. The third-order valence-electron chi connectivity index (χ3n) is 9.90. The smallest absolute Gasteiger partial charge is 0.319 e. The molecule has 0 aliphatic carbocycles. The van der Waals surface area contributed by atoms with Crippen LogP contribution in [0.25, 0.3) is 0 Å². The van der Waals surface area contributed by atoms with Crippen molar-refractivity contribution in [1.82, 2.24) is 14.7 Å². The molecule has 3 saturated heterocycles. The number of ketones is 1. The van der Waals surface area contributed by atoms with Gasteiger partial charge in [-0.2, -0.15) is 0 Å². The maximum absolute atomic E-state index is 14.1. The van der Waals surface area contributed by atoms with Crippen molar-refractivity contribution in [2.45, 2.75) is 103 Å². The van der Waals surface area contributed by atoms with E-state index in [1.807, 2.05) is 32.8 Å². The van der Waals surface area contributed by atoms with Gasteiger partial charge in [-0.05, 0) is 93.5 Å². The molecular weight excluding hydrogens is 526 g/mol. The zero-order valence-corrected chi connectivity index (χ0v) is 27.4. The van der Waals surface area contributed by atoms with E-state index in [9.17, 15) is 14.7 Å². The summed E-state index contributed by atoms with van der Waals surface area (Å²) in [4.78, 5) is 34.2. The fraction of sp³-hybridized carbons (Fsp3) is 0.935. The SMILES string of the molecule is CO[C@]1(C)C[C@@H](C)CN(C)[C@@H]([C@H]2CCN(C)C2)COC(=O)C(C)(C)C(=O)[C@H](C)[C@H]1O[C@@H]1O[C@H](C)C[C@H](N(C)C)[C@H]1O. The van der Waals surface area contributed by atoms with Gasteiger partial charge in [-0.25, -0.2) is 0 Å². The Morgan fingerprint density at radius 2 is 1.73 bits per heavy atom. The second-order valence-electron chi connectivity index (χ2n) is 14.1. The molecule has 0 unspecified atom stereocenters. The van der Waals surface area contributed by atoms with Gasteiger partial charge in [0.15, 0.2) is 12.1 Å². The highest BCUT2D eigenvalue weighted by Gasteiger charge is 2.51. The summed E-state index contributed by atoms with van der Waals surface area (Å²) in [6, 6.07) is -0.115. The topological polar surface area (TPSA) is 101 Å². The zero-order valence-electron chi connectivity index (χ0n) is 27.4. The fourth-order valence-corrected chi connectivity index (χ4v) is 7.34. The number of hydrogen-bond acceptors (Lipinski definition) is 10. The van der Waals surface area contributed by atoms with Crippen molar-refractivity contribution in [2.24, 2.45) is 23.2 Å². The van der Waals surface area contributed by atoms with Crippen LogP contribution < -0.4 is 0 Å². The van der Waals surface area contributed by atoms with Crippen LogP contribution in [0.3, 0.4) is 0 Å². The van der Waals surface area contributed by atoms with Crippen molar-refractivity contribution >= 4 is 11.8 Å². The van der Waals surface area contributed by atoms with Gasteiger partial charge in [0.25, 0.3) is 0 Å². The number of aliphatic hydroxyl groups is 1. The van der Waals surface area contributed by atoms with E-state index in [2.05, 4.69) is 30.8 Å². The highest BCUT2D eigenvalue weighted by Crippen LogP contribution is 2.38. The number of carbonyl (C=O) groups excluding carboxylic acids is 2. The van der Waals surface area contributed by atoms with Crippen molar-refractivity contribution in [3.63, 3.8) is 0 Å². The first kappa shape index (κ1) is 34.4. The molecule has 41 heavy (non-hydrogen) atoms. The van der Waals surface area contributed by atoms with E-state index in [1.54, 1.807) is 27.9 Å². The highest BCUT2D eigenvalue weighted by atomic mass is 16.7. The van der Waals surface area contributed by atoms with E-state index in [-0.39, 0.29) is 36.5 Å². The lowest BCUT2D eigenvalue weighted by Gasteiger charge is -2.47. The second kappa shape index (κ2) is 13.7. The number of hydrogen-bond donors (Lipinski definition) is 1. The van der Waals surface area contributed by atoms with Crippen molar-refractivity contribution < 1.29 is 33.6 Å². The number of nitrogens with zero attached hydrogens (tertiary/aromatic N) is 3. The quantitative estimate of drug-likeness (QED) is 0.383. The molecule has 0 aromatic carbocycles. The number of carbonyl (C=O) groups is 2. The Morgan fingerprint density at radius 1 is 1.07 bits per heavy atom. The molecule has 3 aliphatic heterocycles. The minimum Gasteiger partial charge on any atom is -0.463 e. The van der Waals surface area contributed by atoms with Crippen molar-refractivity contribution in [3.05, 3.63) is 0 Å². The first-order valence-electron chi connectivity index (χ1n) is 15.3. The number of methoxy groups -OCH3 is 1. The van der Waals surface area contributed by atoms with Crippen LogP contribution in [0.5, 0.6) is 0 Å². The maximum Gasteiger partial charge on any atom is 0.319 e. The lowest BCUT2D eigenvalue weighted by Crippen LogP contribution is -2.59. The van der Waals surface area contributed by atoms with Crippen LogP contribution >= 0.6 is 0 Å². The number of likely N-dealkylation sites (N-methyl/N-ethyl adjacent to an activating group) is 2. The van der Waals surface area contributed by atoms with Crippen LogP contribution in [-0.2, 0) is 28.5 Å². The Hall–Kier alpha value is -1.14. The summed E-state index contributed by atoms with van der Waals surface area (Å²) in [5, 5.41) is 11.3. The number of esters is 1. The molecule has 0 amide bonds. The predicted octanol–water partition coefficient (Wildman–Crippen LogP) is 2.27. The minimum atomic E-state index is -1.39. The third-order valence-corrected chi connectivity index (χ3v) is 9.90. The molecule has 238 valence electrons. The molecule has 10 heteroatoms. The summed E-state index contributed by atoms with van der Waals surface area (Å²) in [5.41, 5.74) is -2.29. The number of rotatable bonds is 5. The van der Waals surface area contributed by atoms with Gasteiger partial charge in [0.2, 0.25) is 0 Å². The van der Waals surface area contributed by atoms with E-state index >= 15 is 0 Å². The average Bonchev–Trinajstić information content (AvgIpc) is 3.32. The Morgan fingerprint density at radius 3 is 2.29 bits per heavy atom. The second-order valence-corrected chi connectivity index (χ2v) is 14.1. The van der Waals surface area contributed by atoms with Crippen LogP contribution in [0.1, 0.15) is 60.8 Å². The fourth-order valence-electron chi connectivity index (χ4n) is 7.34. The first-order chi connectivity index (χ1) is 19.0. The average molecular weight is 584 g/mol. The van der Waals surface area contributed by atoms with Gasteiger partial charge in [0, 0.05) is 38.2 Å². The van der Waals surface area contributed by atoms with Gasteiger partial charge >= 0.3 is 5.97 Å². The van der Waals surface area contributed by atoms with Gasteiger partial charge in [0.1, 0.15) is 18.1 Å². The lowest BCUT2D eigenvalue weighted by molar-refractivity contribution is -0.295. The van der Waals surface area contributed by atoms with Crippen LogP contribution in [0.4, 0.5) is 0 Å². The molecule has 1 N–H and O–H groups in total. The summed E-state index contributed by atoms with van der Waals surface area (Å²) in [6.45, 7) is 14.1. The van der Waals surface area contributed by atoms with Gasteiger partial charge < -0.3 is 33.9 Å². The molecule has 0 spiro atoms. The monoisotopic (exact) mass is 583 g/mol.